The van der Waals surface area contributed by atoms with E-state index in [0.717, 1.165) is 78.6 Å². The number of piperidine rings is 1. The fraction of sp³-hybridized carbons (Fsp3) is 0.248. The molecule has 0 bridgehead atoms. The molecule has 2 saturated heterocycles. The van der Waals surface area contributed by atoms with Crippen LogP contribution in [0.15, 0.2) is 260 Å². The predicted octanol–water partition coefficient (Wildman–Crippen LogP) is 15.4. The van der Waals surface area contributed by atoms with Crippen molar-refractivity contribution < 1.29 is 86.0 Å². The number of carbonyl (C=O) groups excluding carboxylic acids is 12. The maximum atomic E-state index is 13.2. The van der Waals surface area contributed by atoms with Crippen LogP contribution in [0.5, 0.6) is 23.0 Å². The number of amides is 4. The molecule has 0 aliphatic carbocycles. The zero-order valence-electron chi connectivity index (χ0n) is 75.7. The van der Waals surface area contributed by atoms with Crippen molar-refractivity contribution in [2.75, 3.05) is 50.8 Å². The molecule has 12 N–H and O–H groups in total. The molecule has 0 spiro atoms. The van der Waals surface area contributed by atoms with Crippen molar-refractivity contribution in [1.82, 2.24) is 14.7 Å². The number of nitrogens with two attached hydrogens (primary N) is 4. The van der Waals surface area contributed by atoms with Crippen LogP contribution in [0.2, 0.25) is 0 Å². The van der Waals surface area contributed by atoms with Crippen molar-refractivity contribution in [3.63, 3.8) is 0 Å². The summed E-state index contributed by atoms with van der Waals surface area (Å²) in [5.74, 6) is -1.62. The van der Waals surface area contributed by atoms with Crippen LogP contribution >= 0.6 is 0 Å². The van der Waals surface area contributed by atoms with Gasteiger partial charge in [-0.3, -0.25) is 55.3 Å². The van der Waals surface area contributed by atoms with Gasteiger partial charge in [0.05, 0.1) is 58.8 Å². The van der Waals surface area contributed by atoms with Crippen molar-refractivity contribution >= 4 is 119 Å². The molecule has 0 aromatic heterocycles. The van der Waals surface area contributed by atoms with Crippen LogP contribution in [-0.4, -0.2) is 162 Å². The van der Waals surface area contributed by atoms with Crippen LogP contribution in [0.1, 0.15) is 173 Å². The molecule has 2 aliphatic heterocycles. The van der Waals surface area contributed by atoms with Crippen LogP contribution in [0.4, 0.5) is 5.69 Å². The summed E-state index contributed by atoms with van der Waals surface area (Å²) in [5.41, 5.74) is 31.1. The van der Waals surface area contributed by atoms with E-state index >= 15 is 0 Å². The summed E-state index contributed by atoms with van der Waals surface area (Å²) < 4.78 is 31.5. The van der Waals surface area contributed by atoms with Gasteiger partial charge in [0.1, 0.15) is 36.1 Å². The molecule has 2 fully saturated rings. The number of benzene rings is 9. The molecule has 2 aliphatic rings. The minimum atomic E-state index is -0.521. The van der Waals surface area contributed by atoms with E-state index in [2.05, 4.69) is 20.4 Å². The van der Waals surface area contributed by atoms with Gasteiger partial charge in [-0.15, -0.1) is 6.58 Å². The van der Waals surface area contributed by atoms with Gasteiger partial charge >= 0.3 is 42.0 Å². The summed E-state index contributed by atoms with van der Waals surface area (Å²) in [6.07, 6.45) is 19.7. The first-order valence-electron chi connectivity index (χ1n) is 43.2. The highest BCUT2D eigenvalue weighted by atomic mass is 16.6. The van der Waals surface area contributed by atoms with Gasteiger partial charge in [-0.1, -0.05) is 136 Å². The largest absolute Gasteiger partial charge is 0.465 e. The Kier molecular flexibility index (Phi) is 44.8. The lowest BCUT2D eigenvalue weighted by Gasteiger charge is -2.32. The van der Waals surface area contributed by atoms with Gasteiger partial charge < -0.3 is 66.1 Å². The highest BCUT2D eigenvalue weighted by molar-refractivity contribution is 6.10. The minimum Gasteiger partial charge on any atom is -0.465 e. The Hall–Kier alpha value is -16.4. The smallest absolute Gasteiger partial charge is 0.373 e. The number of amidine groups is 4. The lowest BCUT2D eigenvalue weighted by atomic mass is 10.0. The molecule has 2 heterocycles. The number of hydrogen-bond acceptors (Lipinski definition) is 22. The van der Waals surface area contributed by atoms with Crippen molar-refractivity contribution in [3.8, 4) is 23.0 Å². The second-order valence-electron chi connectivity index (χ2n) is 30.8. The molecule has 0 radical (unpaired) electrons. The Morgan fingerprint density at radius 1 is 0.430 bits per heavy atom. The Labute approximate surface area is 786 Å². The highest BCUT2D eigenvalue weighted by Gasteiger charge is 2.27. The Morgan fingerprint density at radius 2 is 0.756 bits per heavy atom. The summed E-state index contributed by atoms with van der Waals surface area (Å²) in [6, 6.07) is 64.1. The predicted molar refractivity (Wildman–Crippen MR) is 520 cm³/mol. The Bertz CT molecular complexity index is 5580. The second kappa shape index (κ2) is 56.3. The summed E-state index contributed by atoms with van der Waals surface area (Å²) in [4.78, 5) is 147. The monoisotopic (exact) mass is 1830 g/mol. The Morgan fingerprint density at radius 3 is 1.08 bits per heavy atom. The minimum absolute atomic E-state index is 0. The van der Waals surface area contributed by atoms with Gasteiger partial charge in [0.25, 0.3) is 5.91 Å². The molecule has 30 heteroatoms. The third-order valence-corrected chi connectivity index (χ3v) is 20.4. The number of esters is 6. The number of anilines is 1. The molecule has 30 nitrogen and oxygen atoms in total. The first kappa shape index (κ1) is 107. The molecular weight excluding hydrogens is 1720 g/mol. The van der Waals surface area contributed by atoms with Gasteiger partial charge in [0.2, 0.25) is 17.7 Å². The standard InChI is InChI=1S/C29H29N3O5.C26H29N3O5.2C24H27N3O3.CO2.CH4/c1-3-36-27(33)19-32(24-7-5-4-6-8-24)28(34)20(2)17-21-9-13-23(14-10-21)29(35)37-25-15-11-22(12-16-25)18-26(30)31;1-4-14-29(17-24(30)33-5-2)25(31)18(3)15-19-6-10-21(11-7-19)26(32)34-22-12-8-20(9-13-22)16-23(27)28;1-17-4-2-3-15-27(17)23(28)14-9-18-5-10-20(11-6-18)24(29)30-21-12-7-19(8-13-21)16-22(25)26;1-2-20-4-3-15-27(20)23(28)14-9-17-5-10-19(11-6-17)24(29)30-21-12-7-18(8-13-21)16-22(25)26;2-1-3;/h4-17H,3,18-19H2,1-2H3,(H3,30,31);4,6-13,15H,1,5,14,16-17H2,2-3H3,(H3,27,28);5-14,17H,2-4,15-16H2,1H3,(H3,25,26);5-14,20H,2-4,15-16H2,1H3,(H3,25,26);;1H4/b20-17+;18-15+;2*14-9+;;. The lowest BCUT2D eigenvalue weighted by molar-refractivity contribution is -0.192. The van der Waals surface area contributed by atoms with Gasteiger partial charge in [0, 0.05) is 86.4 Å². The number of nitrogens with one attached hydrogen (secondary N) is 4. The number of nitrogens with zero attached hydrogens (tertiary/aromatic N) is 4. The van der Waals surface area contributed by atoms with E-state index in [-0.39, 0.29) is 99.4 Å². The van der Waals surface area contributed by atoms with Crippen molar-refractivity contribution in [2.45, 2.75) is 125 Å². The number of rotatable bonds is 34. The number of likely N-dealkylation sites (tertiary alicyclic amines) is 2. The molecule has 135 heavy (non-hydrogen) atoms. The summed E-state index contributed by atoms with van der Waals surface area (Å²) in [6.45, 7) is 16.5. The van der Waals surface area contributed by atoms with E-state index in [1.165, 1.54) is 16.2 Å². The van der Waals surface area contributed by atoms with E-state index < -0.39 is 35.8 Å². The number of para-hydroxylation sites is 1. The highest BCUT2D eigenvalue weighted by Crippen LogP contribution is 2.26. The molecule has 11 rings (SSSR count). The first-order valence-corrected chi connectivity index (χ1v) is 43.2. The maximum Gasteiger partial charge on any atom is 0.373 e. The fourth-order valence-electron chi connectivity index (χ4n) is 13.7. The average Bonchev–Trinajstić information content (AvgIpc) is 1.62. The van der Waals surface area contributed by atoms with Crippen molar-refractivity contribution in [2.24, 2.45) is 22.9 Å². The molecule has 9 aromatic carbocycles. The fourth-order valence-corrected chi connectivity index (χ4v) is 13.7. The molecule has 2 unspecified atom stereocenters. The van der Waals surface area contributed by atoms with E-state index in [4.69, 9.17) is 82.6 Å². The topological polar surface area (TPSA) is 473 Å². The summed E-state index contributed by atoms with van der Waals surface area (Å²) in [7, 11) is 0. The van der Waals surface area contributed by atoms with Crippen molar-refractivity contribution in [3.05, 3.63) is 327 Å². The molecule has 4 amide bonds. The van der Waals surface area contributed by atoms with E-state index in [9.17, 15) is 47.9 Å². The van der Waals surface area contributed by atoms with Crippen LogP contribution < -0.4 is 46.8 Å². The van der Waals surface area contributed by atoms with E-state index in [0.29, 0.717) is 105 Å². The molecular formula is C105H116N12O18. The quantitative estimate of drug-likeness (QED) is 0.00464. The summed E-state index contributed by atoms with van der Waals surface area (Å²) >= 11 is 0. The first-order chi connectivity index (χ1) is 64.3. The van der Waals surface area contributed by atoms with Gasteiger partial charge in [-0.2, -0.15) is 9.59 Å². The molecule has 704 valence electrons. The third kappa shape index (κ3) is 37.2. The zero-order chi connectivity index (χ0) is 97.6. The molecule has 0 saturated carbocycles. The number of hydrogen-bond donors (Lipinski definition) is 8. The van der Waals surface area contributed by atoms with Gasteiger partial charge in [-0.25, -0.2) is 19.2 Å². The molecule has 2 atom stereocenters. The van der Waals surface area contributed by atoms with Gasteiger partial charge in [-0.05, 0) is 251 Å². The van der Waals surface area contributed by atoms with E-state index in [1.807, 2.05) is 15.9 Å². The zero-order valence-corrected chi connectivity index (χ0v) is 75.7. The lowest BCUT2D eigenvalue weighted by Crippen LogP contribution is -2.41. The van der Waals surface area contributed by atoms with Gasteiger partial charge in [0.15, 0.2) is 0 Å². The maximum absolute atomic E-state index is 13.2. The Balaban J connectivity index is 0.000000274. The SMILES string of the molecule is C.C=CCN(CC(=O)OCC)C(=O)/C(C)=C/c1ccc(C(=O)Oc2ccc(CC(=N)N)cc2)cc1.CC1CCCCN1C(=O)/C=C/c1ccc(C(=O)Oc2ccc(CC(=N)N)cc2)cc1.CCC1CCCN1C(=O)/C=C/c1ccc(C(=O)Oc2ccc(CC(=N)N)cc2)cc1.CCOC(=O)CN(C(=O)/C(C)=C/c1ccc(C(=O)Oc2ccc(CC(=N)N)cc2)cc1)c1ccccc1.O=C=O. The summed E-state index contributed by atoms with van der Waals surface area (Å²) in [5, 5.41) is 29.3. The normalized spacial score (nSPS) is 13.0. The number of carbonyl (C=O) groups is 10. The number of ether oxygens (including phenoxy) is 6. The van der Waals surface area contributed by atoms with Crippen molar-refractivity contribution in [1.29, 1.82) is 21.6 Å². The van der Waals surface area contributed by atoms with Crippen LogP contribution in [0.25, 0.3) is 24.3 Å². The third-order valence-electron chi connectivity index (χ3n) is 20.4. The molecule has 9 aromatic rings. The second-order valence-corrected chi connectivity index (χ2v) is 30.8. The average molecular weight is 1830 g/mol. The van der Waals surface area contributed by atoms with Crippen LogP contribution in [-0.2, 0) is 73.5 Å². The van der Waals surface area contributed by atoms with Crippen LogP contribution in [0.3, 0.4) is 0 Å². The van der Waals surface area contributed by atoms with E-state index in [1.54, 1.807) is 289 Å². The van der Waals surface area contributed by atoms with Crippen LogP contribution in [0, 0.1) is 21.6 Å².